The maximum Gasteiger partial charge on any atom is 0.229 e. The van der Waals surface area contributed by atoms with Gasteiger partial charge in [0.25, 0.3) is 0 Å². The molecule has 1 amide bonds. The third-order valence-electron chi connectivity index (χ3n) is 7.01. The summed E-state index contributed by atoms with van der Waals surface area (Å²) in [6, 6.07) is 6.83. The number of rotatable bonds is 9. The van der Waals surface area contributed by atoms with Gasteiger partial charge in [-0.25, -0.2) is 4.99 Å². The second-order valence-electron chi connectivity index (χ2n) is 10.0. The number of Topliss-reactive ketones (excluding diaryl/α,β-unsaturated/α-hetero) is 1. The number of nitrogens with zero attached hydrogens (tertiary/aromatic N) is 5. The maximum atomic E-state index is 13.6. The van der Waals surface area contributed by atoms with Gasteiger partial charge in [0.2, 0.25) is 5.91 Å². The maximum absolute atomic E-state index is 13.6. The Labute approximate surface area is 215 Å². The molecule has 1 unspecified atom stereocenters. The van der Waals surface area contributed by atoms with Crippen molar-refractivity contribution in [2.24, 2.45) is 21.8 Å². The summed E-state index contributed by atoms with van der Waals surface area (Å²) in [6.45, 7) is 7.72. The van der Waals surface area contributed by atoms with Crippen LogP contribution in [0, 0.1) is 11.8 Å². The lowest BCUT2D eigenvalue weighted by Gasteiger charge is -2.31. The molecular formula is C26H33N5O4S. The number of amides is 1. The highest BCUT2D eigenvalue weighted by molar-refractivity contribution is 7.09. The molecule has 192 valence electrons. The van der Waals surface area contributed by atoms with Crippen molar-refractivity contribution in [3.8, 4) is 10.4 Å². The van der Waals surface area contributed by atoms with E-state index in [0.717, 1.165) is 16.0 Å². The van der Waals surface area contributed by atoms with Gasteiger partial charge >= 0.3 is 0 Å². The summed E-state index contributed by atoms with van der Waals surface area (Å²) in [6.07, 6.45) is 1.50. The Bertz CT molecular complexity index is 1160. The van der Waals surface area contributed by atoms with Gasteiger partial charge in [0, 0.05) is 25.6 Å². The molecule has 0 aliphatic carbocycles. The van der Waals surface area contributed by atoms with Gasteiger partial charge in [-0.1, -0.05) is 49.5 Å². The van der Waals surface area contributed by atoms with Crippen LogP contribution in [0.1, 0.15) is 57.7 Å². The first-order chi connectivity index (χ1) is 17.2. The lowest BCUT2D eigenvalue weighted by Crippen LogP contribution is -2.48. The molecule has 9 nitrogen and oxygen atoms in total. The molecular weight excluding hydrogens is 478 g/mol. The highest BCUT2D eigenvalue weighted by Gasteiger charge is 2.44. The van der Waals surface area contributed by atoms with Gasteiger partial charge in [-0.05, 0) is 41.4 Å². The second kappa shape index (κ2) is 11.1. The number of likely N-dealkylation sites (tertiary alicyclic amines) is 1. The predicted octanol–water partition coefficient (Wildman–Crippen LogP) is 2.87. The quantitative estimate of drug-likeness (QED) is 0.533. The van der Waals surface area contributed by atoms with Crippen molar-refractivity contribution in [1.82, 2.24) is 14.5 Å². The zero-order valence-corrected chi connectivity index (χ0v) is 21.9. The van der Waals surface area contributed by atoms with E-state index >= 15 is 0 Å². The fourth-order valence-electron chi connectivity index (χ4n) is 5.07. The molecule has 5 atom stereocenters. The topological polar surface area (TPSA) is 128 Å². The molecule has 1 aromatic carbocycles. The summed E-state index contributed by atoms with van der Waals surface area (Å²) in [4.78, 5) is 38.1. The number of aliphatic imine (C=N–C) groups is 2. The molecule has 1 saturated heterocycles. The van der Waals surface area contributed by atoms with Crippen LogP contribution in [-0.4, -0.2) is 73.2 Å². The van der Waals surface area contributed by atoms with Crippen molar-refractivity contribution in [3.05, 3.63) is 35.5 Å². The van der Waals surface area contributed by atoms with Crippen molar-refractivity contribution >= 4 is 35.3 Å². The largest absolute Gasteiger partial charge is 0.391 e. The third kappa shape index (κ3) is 5.45. The van der Waals surface area contributed by atoms with E-state index in [0.29, 0.717) is 11.5 Å². The van der Waals surface area contributed by atoms with Gasteiger partial charge in [0.15, 0.2) is 5.78 Å². The zero-order chi connectivity index (χ0) is 26.0. The van der Waals surface area contributed by atoms with E-state index in [1.807, 2.05) is 45.0 Å². The first kappa shape index (κ1) is 26.2. The monoisotopic (exact) mass is 511 g/mol. The Balaban J connectivity index is 1.46. The van der Waals surface area contributed by atoms with Crippen molar-refractivity contribution in [3.63, 3.8) is 0 Å². The minimum Gasteiger partial charge on any atom is -0.391 e. The lowest BCUT2D eigenvalue weighted by molar-refractivity contribution is -0.142. The molecule has 2 N–H and O–H groups in total. The number of aromatic nitrogens is 2. The van der Waals surface area contributed by atoms with Crippen LogP contribution in [0.5, 0.6) is 0 Å². The van der Waals surface area contributed by atoms with Crippen molar-refractivity contribution in [2.45, 2.75) is 71.2 Å². The highest BCUT2D eigenvalue weighted by Crippen LogP contribution is 2.32. The van der Waals surface area contributed by atoms with Crippen LogP contribution in [0.15, 0.2) is 34.3 Å². The van der Waals surface area contributed by atoms with E-state index in [1.165, 1.54) is 11.5 Å². The van der Waals surface area contributed by atoms with Gasteiger partial charge in [0.05, 0.1) is 35.6 Å². The van der Waals surface area contributed by atoms with Gasteiger partial charge in [-0.2, -0.15) is 0 Å². The fourth-order valence-corrected chi connectivity index (χ4v) is 5.74. The van der Waals surface area contributed by atoms with Crippen LogP contribution < -0.4 is 0 Å². The molecule has 2 aliphatic rings. The third-order valence-corrected chi connectivity index (χ3v) is 7.83. The van der Waals surface area contributed by atoms with E-state index < -0.39 is 18.1 Å². The molecule has 1 aromatic heterocycles. The zero-order valence-electron chi connectivity index (χ0n) is 21.0. The Morgan fingerprint density at radius 2 is 1.92 bits per heavy atom. The van der Waals surface area contributed by atoms with E-state index in [-0.39, 0.29) is 55.6 Å². The van der Waals surface area contributed by atoms with Crippen LogP contribution >= 0.6 is 11.5 Å². The van der Waals surface area contributed by atoms with Crippen LogP contribution in [0.25, 0.3) is 10.4 Å². The number of hydrogen-bond donors (Lipinski definition) is 2. The van der Waals surface area contributed by atoms with E-state index in [1.54, 1.807) is 18.0 Å². The number of benzene rings is 1. The summed E-state index contributed by atoms with van der Waals surface area (Å²) >= 11 is 1.23. The normalized spacial score (nSPS) is 23.2. The molecule has 2 aliphatic heterocycles. The Morgan fingerprint density at radius 3 is 2.53 bits per heavy atom. The van der Waals surface area contributed by atoms with E-state index in [2.05, 4.69) is 19.6 Å². The molecule has 0 saturated carbocycles. The SMILES string of the molecule is CC1=NC([C@H](C(=O)N2C[C@H](O)C[C@H]2C(=O)C[C@@H](C)c2ccc(-c3snnc3CO)cc2)C(C)C)C=N1. The number of carbonyl (C=O) groups is 2. The smallest absolute Gasteiger partial charge is 0.229 e. The lowest BCUT2D eigenvalue weighted by atomic mass is 9.87. The molecule has 0 bridgehead atoms. The number of hydrogen-bond acceptors (Lipinski definition) is 9. The summed E-state index contributed by atoms with van der Waals surface area (Å²) < 4.78 is 3.91. The van der Waals surface area contributed by atoms with Gasteiger partial charge in [-0.3, -0.25) is 14.6 Å². The highest BCUT2D eigenvalue weighted by atomic mass is 32.1. The molecule has 3 heterocycles. The fraction of sp³-hybridized carbons (Fsp3) is 0.538. The standard InChI is InChI=1S/C26H33N5O4S/c1-14(2)24(20-11-27-16(4)28-20)26(35)31-12-19(33)10-22(31)23(34)9-15(3)17-5-7-18(8-6-17)25-21(13-32)29-30-36-25/h5-8,11,14-15,19-20,22,24,32-33H,9-10,12-13H2,1-4H3/t15-,19-,20?,22+,24-/m1/s1. The second-order valence-corrected chi connectivity index (χ2v) is 10.8. The number of carbonyl (C=O) groups excluding carboxylic acids is 2. The number of β-amino-alcohol motifs (C(OH)–C–C–N with tert-alkyl or cyclic N) is 1. The molecule has 2 aromatic rings. The Morgan fingerprint density at radius 1 is 1.19 bits per heavy atom. The first-order valence-electron chi connectivity index (χ1n) is 12.3. The van der Waals surface area contributed by atoms with Gasteiger partial charge in [-0.15, -0.1) is 5.10 Å². The van der Waals surface area contributed by atoms with Crippen LogP contribution in [-0.2, 0) is 16.2 Å². The number of aliphatic hydroxyl groups is 2. The average molecular weight is 512 g/mol. The molecule has 0 radical (unpaired) electrons. The predicted molar refractivity (Wildman–Crippen MR) is 139 cm³/mol. The van der Waals surface area contributed by atoms with Gasteiger partial charge in [0.1, 0.15) is 11.5 Å². The molecule has 0 spiro atoms. The van der Waals surface area contributed by atoms with Gasteiger partial charge < -0.3 is 15.1 Å². The Hall–Kier alpha value is -2.82. The first-order valence-corrected chi connectivity index (χ1v) is 13.1. The summed E-state index contributed by atoms with van der Waals surface area (Å²) in [7, 11) is 0. The van der Waals surface area contributed by atoms with E-state index in [9.17, 15) is 19.8 Å². The van der Waals surface area contributed by atoms with Crippen LogP contribution in [0.4, 0.5) is 0 Å². The molecule has 1 fully saturated rings. The van der Waals surface area contributed by atoms with Crippen LogP contribution in [0.2, 0.25) is 0 Å². The minimum atomic E-state index is -0.721. The van der Waals surface area contributed by atoms with E-state index in [4.69, 9.17) is 0 Å². The van der Waals surface area contributed by atoms with Crippen molar-refractivity contribution in [1.29, 1.82) is 0 Å². The van der Waals surface area contributed by atoms with Crippen LogP contribution in [0.3, 0.4) is 0 Å². The molecule has 10 heteroatoms. The minimum absolute atomic E-state index is 0.00891. The summed E-state index contributed by atoms with van der Waals surface area (Å²) in [5, 5.41) is 23.8. The molecule has 4 rings (SSSR count). The number of ketones is 1. The molecule has 36 heavy (non-hydrogen) atoms. The van der Waals surface area contributed by atoms with Crippen molar-refractivity contribution < 1.29 is 19.8 Å². The summed E-state index contributed by atoms with van der Waals surface area (Å²) in [5.74, 6) is -0.0334. The number of amidine groups is 1. The Kier molecular flexibility index (Phi) is 8.07. The van der Waals surface area contributed by atoms with Crippen molar-refractivity contribution in [2.75, 3.05) is 6.54 Å². The number of aliphatic hydroxyl groups excluding tert-OH is 2. The summed E-state index contributed by atoms with van der Waals surface area (Å²) in [5.41, 5.74) is 2.46. The average Bonchev–Trinajstić information content (AvgIpc) is 3.58.